The van der Waals surface area contributed by atoms with E-state index in [2.05, 4.69) is 4.90 Å². The van der Waals surface area contributed by atoms with Gasteiger partial charge in [-0.1, -0.05) is 0 Å². The summed E-state index contributed by atoms with van der Waals surface area (Å²) in [6.07, 6.45) is 5.12. The Kier molecular flexibility index (Phi) is 3.30. The molecule has 1 N–H and O–H groups in total. The van der Waals surface area contributed by atoms with Gasteiger partial charge in [0.15, 0.2) is 0 Å². The number of ether oxygens (including phenoxy) is 2. The van der Waals surface area contributed by atoms with E-state index < -0.39 is 5.97 Å². The third-order valence-corrected chi connectivity index (χ3v) is 4.34. The van der Waals surface area contributed by atoms with Crippen molar-refractivity contribution in [2.24, 2.45) is 0 Å². The van der Waals surface area contributed by atoms with E-state index in [0.29, 0.717) is 18.7 Å². The maximum absolute atomic E-state index is 11.0. The average molecular weight is 255 g/mol. The van der Waals surface area contributed by atoms with Gasteiger partial charge in [-0.3, -0.25) is 9.69 Å². The van der Waals surface area contributed by atoms with Crippen LogP contribution in [0.15, 0.2) is 0 Å². The molecular formula is C13H21NO4. The lowest BCUT2D eigenvalue weighted by Crippen LogP contribution is -2.51. The summed E-state index contributed by atoms with van der Waals surface area (Å²) in [6.45, 7) is 2.35. The number of hydrogen-bond donors (Lipinski definition) is 1. The Bertz CT molecular complexity index is 323. The molecule has 5 heteroatoms. The van der Waals surface area contributed by atoms with Crippen LogP contribution in [0.1, 0.15) is 32.1 Å². The van der Waals surface area contributed by atoms with E-state index in [9.17, 15) is 4.79 Å². The molecule has 0 aromatic carbocycles. The topological polar surface area (TPSA) is 59.0 Å². The molecule has 3 rings (SSSR count). The molecule has 0 aromatic rings. The molecule has 2 atom stereocenters. The van der Waals surface area contributed by atoms with Gasteiger partial charge in [0.25, 0.3) is 0 Å². The largest absolute Gasteiger partial charge is 0.480 e. The molecule has 2 saturated heterocycles. The number of hydrogen-bond acceptors (Lipinski definition) is 4. The second-order valence-corrected chi connectivity index (χ2v) is 5.78. The predicted molar refractivity (Wildman–Crippen MR) is 64.5 cm³/mol. The third kappa shape index (κ3) is 2.53. The summed E-state index contributed by atoms with van der Waals surface area (Å²) in [5, 5.41) is 9.05. The standard InChI is InChI=1S/C13H21NO4/c15-12(16)8-14(10-1-2-10)11-3-5-18-13(7-11)4-6-17-9-13/h10-11H,1-9H2,(H,15,16). The number of carbonyl (C=O) groups is 1. The molecule has 102 valence electrons. The molecule has 5 nitrogen and oxygen atoms in total. The van der Waals surface area contributed by atoms with Gasteiger partial charge in [-0.25, -0.2) is 0 Å². The maximum Gasteiger partial charge on any atom is 0.317 e. The zero-order chi connectivity index (χ0) is 12.6. The first-order chi connectivity index (χ1) is 8.69. The number of nitrogens with zero attached hydrogens (tertiary/aromatic N) is 1. The first-order valence-electron chi connectivity index (χ1n) is 6.88. The molecule has 18 heavy (non-hydrogen) atoms. The monoisotopic (exact) mass is 255 g/mol. The summed E-state index contributed by atoms with van der Waals surface area (Å²) < 4.78 is 11.4. The Hall–Kier alpha value is -0.650. The predicted octanol–water partition coefficient (Wildman–Crippen LogP) is 0.873. The number of carboxylic acid groups (broad SMARTS) is 1. The second kappa shape index (κ2) is 4.79. The molecule has 2 aliphatic heterocycles. The zero-order valence-corrected chi connectivity index (χ0v) is 10.6. The highest BCUT2D eigenvalue weighted by atomic mass is 16.6. The Labute approximate surface area is 107 Å². The maximum atomic E-state index is 11.0. The molecule has 1 spiro atoms. The smallest absolute Gasteiger partial charge is 0.317 e. The van der Waals surface area contributed by atoms with Crippen LogP contribution in [0, 0.1) is 0 Å². The van der Waals surface area contributed by atoms with E-state index in [4.69, 9.17) is 14.6 Å². The Morgan fingerprint density at radius 2 is 2.11 bits per heavy atom. The first-order valence-corrected chi connectivity index (χ1v) is 6.88. The van der Waals surface area contributed by atoms with E-state index in [-0.39, 0.29) is 12.1 Å². The molecule has 3 fully saturated rings. The summed E-state index contributed by atoms with van der Waals surface area (Å²) >= 11 is 0. The fraction of sp³-hybridized carbons (Fsp3) is 0.923. The fourth-order valence-corrected chi connectivity index (χ4v) is 3.27. The lowest BCUT2D eigenvalue weighted by atomic mass is 9.88. The van der Waals surface area contributed by atoms with Gasteiger partial charge in [-0.15, -0.1) is 0 Å². The quantitative estimate of drug-likeness (QED) is 0.808. The van der Waals surface area contributed by atoms with Gasteiger partial charge >= 0.3 is 5.97 Å². The molecule has 0 aromatic heterocycles. The van der Waals surface area contributed by atoms with Crippen molar-refractivity contribution < 1.29 is 19.4 Å². The lowest BCUT2D eigenvalue weighted by Gasteiger charge is -2.42. The molecule has 0 amide bonds. The van der Waals surface area contributed by atoms with Gasteiger partial charge in [-0.05, 0) is 25.7 Å². The fourth-order valence-electron chi connectivity index (χ4n) is 3.27. The summed E-state index contributed by atoms with van der Waals surface area (Å²) in [5.41, 5.74) is -0.130. The van der Waals surface area contributed by atoms with Crippen LogP contribution < -0.4 is 0 Å². The molecule has 1 saturated carbocycles. The van der Waals surface area contributed by atoms with E-state index in [0.717, 1.165) is 45.3 Å². The third-order valence-electron chi connectivity index (χ3n) is 4.34. The van der Waals surface area contributed by atoms with Gasteiger partial charge in [0.1, 0.15) is 0 Å². The first kappa shape index (κ1) is 12.4. The van der Waals surface area contributed by atoms with Crippen molar-refractivity contribution in [3.05, 3.63) is 0 Å². The number of carboxylic acids is 1. The van der Waals surface area contributed by atoms with Crippen LogP contribution in [-0.4, -0.2) is 60.0 Å². The highest BCUT2D eigenvalue weighted by Crippen LogP contribution is 2.38. The van der Waals surface area contributed by atoms with Crippen molar-refractivity contribution in [2.75, 3.05) is 26.4 Å². The van der Waals surface area contributed by atoms with Crippen LogP contribution in [-0.2, 0) is 14.3 Å². The van der Waals surface area contributed by atoms with Gasteiger partial charge in [0, 0.05) is 31.7 Å². The van der Waals surface area contributed by atoms with Crippen LogP contribution in [0.25, 0.3) is 0 Å². The molecule has 3 aliphatic rings. The van der Waals surface area contributed by atoms with Crippen molar-refractivity contribution in [3.8, 4) is 0 Å². The average Bonchev–Trinajstić information content (AvgIpc) is 3.09. The summed E-state index contributed by atoms with van der Waals surface area (Å²) in [6, 6.07) is 0.840. The van der Waals surface area contributed by atoms with Crippen molar-refractivity contribution in [3.63, 3.8) is 0 Å². The molecule has 2 heterocycles. The minimum absolute atomic E-state index is 0.130. The van der Waals surface area contributed by atoms with Gasteiger partial charge in [0.05, 0.1) is 18.8 Å². The highest BCUT2D eigenvalue weighted by molar-refractivity contribution is 5.69. The molecule has 2 unspecified atom stereocenters. The van der Waals surface area contributed by atoms with Crippen molar-refractivity contribution >= 4 is 5.97 Å². The number of aliphatic carboxylic acids is 1. The number of rotatable bonds is 4. The van der Waals surface area contributed by atoms with Gasteiger partial charge in [-0.2, -0.15) is 0 Å². The summed E-state index contributed by atoms with van der Waals surface area (Å²) in [7, 11) is 0. The van der Waals surface area contributed by atoms with E-state index in [1.165, 1.54) is 0 Å². The zero-order valence-electron chi connectivity index (χ0n) is 10.6. The van der Waals surface area contributed by atoms with Gasteiger partial charge in [0.2, 0.25) is 0 Å². The van der Waals surface area contributed by atoms with E-state index >= 15 is 0 Å². The van der Waals surface area contributed by atoms with Crippen LogP contribution in [0.2, 0.25) is 0 Å². The van der Waals surface area contributed by atoms with Gasteiger partial charge < -0.3 is 14.6 Å². The molecule has 0 radical (unpaired) electrons. The minimum Gasteiger partial charge on any atom is -0.480 e. The lowest BCUT2D eigenvalue weighted by molar-refractivity contribution is -0.142. The summed E-state index contributed by atoms with van der Waals surface area (Å²) in [5.74, 6) is -0.717. The normalized spacial score (nSPS) is 36.4. The van der Waals surface area contributed by atoms with Crippen molar-refractivity contribution in [1.29, 1.82) is 0 Å². The van der Waals surface area contributed by atoms with Crippen LogP contribution in [0.5, 0.6) is 0 Å². The van der Waals surface area contributed by atoms with Crippen molar-refractivity contribution in [2.45, 2.75) is 49.8 Å². The Morgan fingerprint density at radius 3 is 2.72 bits per heavy atom. The Morgan fingerprint density at radius 1 is 1.28 bits per heavy atom. The highest BCUT2D eigenvalue weighted by Gasteiger charge is 2.45. The van der Waals surface area contributed by atoms with Crippen molar-refractivity contribution in [1.82, 2.24) is 4.90 Å². The Balaban J connectivity index is 1.67. The molecule has 1 aliphatic carbocycles. The molecule has 0 bridgehead atoms. The minimum atomic E-state index is -0.717. The second-order valence-electron chi connectivity index (χ2n) is 5.78. The van der Waals surface area contributed by atoms with E-state index in [1.54, 1.807) is 0 Å². The SMILES string of the molecule is O=C(O)CN(C1CC1)C1CCOC2(CCOC2)C1. The van der Waals surface area contributed by atoms with Crippen LogP contribution >= 0.6 is 0 Å². The van der Waals surface area contributed by atoms with Crippen LogP contribution in [0.4, 0.5) is 0 Å². The molecular weight excluding hydrogens is 234 g/mol. The summed E-state index contributed by atoms with van der Waals surface area (Å²) in [4.78, 5) is 13.2. The van der Waals surface area contributed by atoms with Crippen LogP contribution in [0.3, 0.4) is 0 Å². The van der Waals surface area contributed by atoms with E-state index in [1.807, 2.05) is 0 Å².